The Bertz CT molecular complexity index is 1370. The second kappa shape index (κ2) is 12.0. The van der Waals surface area contributed by atoms with E-state index in [1.54, 1.807) is 42.4 Å². The molecule has 0 spiro atoms. The van der Waals surface area contributed by atoms with E-state index in [2.05, 4.69) is 4.99 Å². The van der Waals surface area contributed by atoms with Crippen molar-refractivity contribution in [1.29, 1.82) is 0 Å². The number of aliphatic imine (C=N–C) groups is 1. The second-order valence-corrected chi connectivity index (χ2v) is 9.37. The Balaban J connectivity index is 1.54. The van der Waals surface area contributed by atoms with E-state index in [-0.39, 0.29) is 5.91 Å². The molecule has 3 aromatic carbocycles. The number of thioether (sulfide) groups is 1. The molecule has 0 unspecified atom stereocenters. The fraction of sp³-hybridized carbons (Fsp3) is 0.179. The third kappa shape index (κ3) is 6.34. The summed E-state index contributed by atoms with van der Waals surface area (Å²) in [5, 5.41) is 1.21. The molecular weight excluding hydrogens is 512 g/mol. The summed E-state index contributed by atoms with van der Waals surface area (Å²) >= 11 is 7.22. The van der Waals surface area contributed by atoms with Crippen LogP contribution in [-0.2, 0) is 16.1 Å². The van der Waals surface area contributed by atoms with E-state index in [0.717, 1.165) is 11.1 Å². The summed E-state index contributed by atoms with van der Waals surface area (Å²) in [6.45, 7) is 2.71. The van der Waals surface area contributed by atoms with Gasteiger partial charge in [-0.05, 0) is 78.4 Å². The molecule has 7 nitrogen and oxygen atoms in total. The molecule has 0 saturated carbocycles. The molecule has 3 aromatic rings. The molecular formula is C28H25ClN2O5S. The fourth-order valence-electron chi connectivity index (χ4n) is 3.59. The molecule has 1 saturated heterocycles. The zero-order chi connectivity index (χ0) is 26.4. The minimum absolute atomic E-state index is 0.141. The maximum atomic E-state index is 13.1. The van der Waals surface area contributed by atoms with Gasteiger partial charge in [-0.2, -0.15) is 0 Å². The van der Waals surface area contributed by atoms with Crippen molar-refractivity contribution in [2.75, 3.05) is 20.8 Å². The monoisotopic (exact) mass is 536 g/mol. The fourth-order valence-corrected chi connectivity index (χ4v) is 4.78. The van der Waals surface area contributed by atoms with Gasteiger partial charge in [0.05, 0.1) is 30.4 Å². The number of benzene rings is 3. The molecule has 1 amide bonds. The van der Waals surface area contributed by atoms with E-state index in [0.29, 0.717) is 51.0 Å². The number of carbonyl (C=O) groups is 2. The van der Waals surface area contributed by atoms with Gasteiger partial charge in [-0.15, -0.1) is 0 Å². The maximum absolute atomic E-state index is 13.1. The molecule has 190 valence electrons. The molecule has 1 fully saturated rings. The quantitative estimate of drug-likeness (QED) is 0.247. The number of ether oxygens (including phenoxy) is 3. The number of amides is 1. The number of rotatable bonds is 8. The number of carbonyl (C=O) groups excluding carboxylic acids is 2. The number of methoxy groups -OCH3 is 2. The van der Waals surface area contributed by atoms with Gasteiger partial charge in [-0.25, -0.2) is 9.79 Å². The first-order valence-electron chi connectivity index (χ1n) is 11.5. The van der Waals surface area contributed by atoms with Crippen LogP contribution in [-0.4, -0.2) is 42.7 Å². The lowest BCUT2D eigenvalue weighted by molar-refractivity contribution is -0.122. The average molecular weight is 537 g/mol. The van der Waals surface area contributed by atoms with E-state index >= 15 is 0 Å². The Labute approximate surface area is 224 Å². The first kappa shape index (κ1) is 26.3. The average Bonchev–Trinajstić information content (AvgIpc) is 3.21. The molecule has 37 heavy (non-hydrogen) atoms. The topological polar surface area (TPSA) is 77.4 Å². The zero-order valence-corrected chi connectivity index (χ0v) is 22.1. The summed E-state index contributed by atoms with van der Waals surface area (Å²) in [5.74, 6) is 0.560. The van der Waals surface area contributed by atoms with Crippen molar-refractivity contribution in [2.24, 2.45) is 4.99 Å². The highest BCUT2D eigenvalue weighted by atomic mass is 35.5. The molecule has 0 atom stereocenters. The van der Waals surface area contributed by atoms with Gasteiger partial charge in [0, 0.05) is 11.6 Å². The van der Waals surface area contributed by atoms with Crippen molar-refractivity contribution >= 4 is 52.2 Å². The highest BCUT2D eigenvalue weighted by Crippen LogP contribution is 2.36. The lowest BCUT2D eigenvalue weighted by atomic mass is 10.1. The Morgan fingerprint density at radius 3 is 2.54 bits per heavy atom. The molecule has 4 rings (SSSR count). The lowest BCUT2D eigenvalue weighted by Crippen LogP contribution is -2.28. The van der Waals surface area contributed by atoms with Crippen LogP contribution in [0.4, 0.5) is 5.69 Å². The molecule has 0 aliphatic carbocycles. The first-order chi connectivity index (χ1) is 17.9. The standard InChI is InChI=1S/C28H25ClN2O5S/c1-4-31-26(32)25(37-28(31)30-22-7-5-6-20(16-22)27(33)35-3)15-19-10-13-23(24(14-19)34-2)36-17-18-8-11-21(29)12-9-18/h5-16H,4,17H2,1-3H3. The minimum Gasteiger partial charge on any atom is -0.493 e. The van der Waals surface area contributed by atoms with E-state index < -0.39 is 5.97 Å². The van der Waals surface area contributed by atoms with Crippen molar-refractivity contribution in [3.05, 3.63) is 93.3 Å². The Morgan fingerprint density at radius 2 is 1.84 bits per heavy atom. The minimum atomic E-state index is -0.445. The van der Waals surface area contributed by atoms with Crippen LogP contribution in [0.1, 0.15) is 28.4 Å². The van der Waals surface area contributed by atoms with Crippen molar-refractivity contribution in [2.45, 2.75) is 13.5 Å². The van der Waals surface area contributed by atoms with Crippen LogP contribution in [0.25, 0.3) is 6.08 Å². The number of hydrogen-bond donors (Lipinski definition) is 0. The number of amidine groups is 1. The summed E-state index contributed by atoms with van der Waals surface area (Å²) in [5.41, 5.74) is 2.72. The third-order valence-electron chi connectivity index (χ3n) is 5.49. The van der Waals surface area contributed by atoms with Gasteiger partial charge in [0.25, 0.3) is 5.91 Å². The van der Waals surface area contributed by atoms with Crippen LogP contribution in [0.5, 0.6) is 11.5 Å². The predicted molar refractivity (Wildman–Crippen MR) is 147 cm³/mol. The Hall–Kier alpha value is -3.75. The molecule has 1 aliphatic rings. The molecule has 9 heteroatoms. The SMILES string of the molecule is CCN1C(=O)C(=Cc2ccc(OCc3ccc(Cl)cc3)c(OC)c2)SC1=Nc1cccc(C(=O)OC)c1. The van der Waals surface area contributed by atoms with Gasteiger partial charge < -0.3 is 14.2 Å². The number of likely N-dealkylation sites (N-methyl/N-ethyl adjacent to an activating group) is 1. The van der Waals surface area contributed by atoms with Gasteiger partial charge >= 0.3 is 5.97 Å². The largest absolute Gasteiger partial charge is 0.493 e. The van der Waals surface area contributed by atoms with Gasteiger partial charge in [-0.3, -0.25) is 9.69 Å². The van der Waals surface area contributed by atoms with Gasteiger partial charge in [-0.1, -0.05) is 35.9 Å². The third-order valence-corrected chi connectivity index (χ3v) is 6.75. The van der Waals surface area contributed by atoms with Gasteiger partial charge in [0.1, 0.15) is 6.61 Å². The zero-order valence-electron chi connectivity index (χ0n) is 20.6. The van der Waals surface area contributed by atoms with Gasteiger partial charge in [0.2, 0.25) is 0 Å². The molecule has 0 N–H and O–H groups in total. The smallest absolute Gasteiger partial charge is 0.337 e. The first-order valence-corrected chi connectivity index (χ1v) is 12.6. The van der Waals surface area contributed by atoms with Crippen LogP contribution >= 0.6 is 23.4 Å². The van der Waals surface area contributed by atoms with Crippen molar-refractivity contribution in [3.63, 3.8) is 0 Å². The van der Waals surface area contributed by atoms with E-state index in [4.69, 9.17) is 25.8 Å². The van der Waals surface area contributed by atoms with Crippen LogP contribution in [0.3, 0.4) is 0 Å². The lowest BCUT2D eigenvalue weighted by Gasteiger charge is -2.12. The highest BCUT2D eigenvalue weighted by Gasteiger charge is 2.32. The number of halogens is 1. The Morgan fingerprint density at radius 1 is 1.05 bits per heavy atom. The number of esters is 1. The summed E-state index contributed by atoms with van der Waals surface area (Å²) in [7, 11) is 2.90. The number of nitrogens with zero attached hydrogens (tertiary/aromatic N) is 2. The molecule has 1 aliphatic heterocycles. The molecule has 0 radical (unpaired) electrons. The van der Waals surface area contributed by atoms with Crippen LogP contribution in [0.2, 0.25) is 5.02 Å². The van der Waals surface area contributed by atoms with Gasteiger partial charge in [0.15, 0.2) is 16.7 Å². The van der Waals surface area contributed by atoms with E-state index in [1.165, 1.54) is 18.9 Å². The number of hydrogen-bond acceptors (Lipinski definition) is 7. The van der Waals surface area contributed by atoms with Crippen molar-refractivity contribution in [3.8, 4) is 11.5 Å². The van der Waals surface area contributed by atoms with Crippen molar-refractivity contribution < 1.29 is 23.8 Å². The van der Waals surface area contributed by atoms with Crippen LogP contribution in [0, 0.1) is 0 Å². The highest BCUT2D eigenvalue weighted by molar-refractivity contribution is 8.18. The van der Waals surface area contributed by atoms with Crippen LogP contribution in [0.15, 0.2) is 76.6 Å². The summed E-state index contributed by atoms with van der Waals surface area (Å²) < 4.78 is 16.2. The van der Waals surface area contributed by atoms with Crippen LogP contribution < -0.4 is 9.47 Å². The maximum Gasteiger partial charge on any atom is 0.337 e. The van der Waals surface area contributed by atoms with E-state index in [1.807, 2.05) is 49.4 Å². The predicted octanol–water partition coefficient (Wildman–Crippen LogP) is 6.34. The van der Waals surface area contributed by atoms with E-state index in [9.17, 15) is 9.59 Å². The summed E-state index contributed by atoms with van der Waals surface area (Å²) in [4.78, 5) is 31.7. The normalized spacial score (nSPS) is 15.4. The Kier molecular flexibility index (Phi) is 8.53. The second-order valence-electron chi connectivity index (χ2n) is 7.92. The summed E-state index contributed by atoms with van der Waals surface area (Å²) in [6, 6.07) is 19.7. The molecule has 1 heterocycles. The van der Waals surface area contributed by atoms with Crippen molar-refractivity contribution in [1.82, 2.24) is 4.90 Å². The summed E-state index contributed by atoms with van der Waals surface area (Å²) in [6.07, 6.45) is 1.80. The molecule has 0 bridgehead atoms. The molecule has 0 aromatic heterocycles.